The molecular formula is C19H18N4OS. The quantitative estimate of drug-likeness (QED) is 0.693. The van der Waals surface area contributed by atoms with Gasteiger partial charge in [0.05, 0.1) is 5.75 Å². The summed E-state index contributed by atoms with van der Waals surface area (Å²) in [6.07, 6.45) is 2.18. The van der Waals surface area contributed by atoms with Crippen LogP contribution in [-0.4, -0.2) is 32.5 Å². The maximum atomic E-state index is 12.0. The smallest absolute Gasteiger partial charge is 0.230 e. The van der Waals surface area contributed by atoms with Gasteiger partial charge in [0.15, 0.2) is 11.0 Å². The van der Waals surface area contributed by atoms with Crippen molar-refractivity contribution in [3.05, 3.63) is 60.7 Å². The van der Waals surface area contributed by atoms with E-state index in [1.165, 1.54) is 11.8 Å². The number of carbonyl (C=O) groups is 1. The Balaban J connectivity index is 1.64. The number of benzene rings is 2. The van der Waals surface area contributed by atoms with Crippen molar-refractivity contribution in [2.24, 2.45) is 0 Å². The molecule has 1 fully saturated rings. The molecule has 3 aromatic rings. The molecule has 1 amide bonds. The molecule has 1 N–H and O–H groups in total. The second kappa shape index (κ2) is 7.11. The van der Waals surface area contributed by atoms with Gasteiger partial charge in [0.25, 0.3) is 0 Å². The zero-order valence-corrected chi connectivity index (χ0v) is 14.4. The van der Waals surface area contributed by atoms with Gasteiger partial charge in [0, 0.05) is 17.3 Å². The van der Waals surface area contributed by atoms with Gasteiger partial charge in [-0.2, -0.15) is 0 Å². The molecule has 0 spiro atoms. The fourth-order valence-electron chi connectivity index (χ4n) is 2.57. The summed E-state index contributed by atoms with van der Waals surface area (Å²) in [6.45, 7) is 0. The average molecular weight is 350 g/mol. The minimum Gasteiger partial charge on any atom is -0.353 e. The third kappa shape index (κ3) is 3.74. The van der Waals surface area contributed by atoms with E-state index in [-0.39, 0.29) is 5.91 Å². The van der Waals surface area contributed by atoms with E-state index >= 15 is 0 Å². The fourth-order valence-corrected chi connectivity index (χ4v) is 3.34. The molecule has 0 unspecified atom stereocenters. The Kier molecular flexibility index (Phi) is 4.52. The maximum Gasteiger partial charge on any atom is 0.230 e. The average Bonchev–Trinajstić information content (AvgIpc) is 3.37. The van der Waals surface area contributed by atoms with E-state index in [0.717, 1.165) is 35.1 Å². The normalized spacial score (nSPS) is 13.6. The van der Waals surface area contributed by atoms with Crippen LogP contribution < -0.4 is 5.32 Å². The molecule has 0 atom stereocenters. The lowest BCUT2D eigenvalue weighted by Crippen LogP contribution is -2.27. The van der Waals surface area contributed by atoms with Crippen LogP contribution in [-0.2, 0) is 4.79 Å². The summed E-state index contributed by atoms with van der Waals surface area (Å²) in [4.78, 5) is 12.0. The summed E-state index contributed by atoms with van der Waals surface area (Å²) >= 11 is 1.41. The van der Waals surface area contributed by atoms with Crippen molar-refractivity contribution in [2.75, 3.05) is 5.75 Å². The number of nitrogens with zero attached hydrogens (tertiary/aromatic N) is 3. The lowest BCUT2D eigenvalue weighted by Gasteiger charge is -2.10. The minimum absolute atomic E-state index is 0.0522. The van der Waals surface area contributed by atoms with Crippen LogP contribution in [0, 0.1) is 0 Å². The second-order valence-electron chi connectivity index (χ2n) is 5.97. The summed E-state index contributed by atoms with van der Waals surface area (Å²) in [5.41, 5.74) is 1.98. The monoisotopic (exact) mass is 350 g/mol. The Hall–Kier alpha value is -2.60. The Labute approximate surface area is 150 Å². The van der Waals surface area contributed by atoms with Crippen molar-refractivity contribution in [2.45, 2.75) is 24.0 Å². The highest BCUT2D eigenvalue weighted by atomic mass is 32.2. The van der Waals surface area contributed by atoms with Crippen LogP contribution >= 0.6 is 11.8 Å². The number of amides is 1. The highest BCUT2D eigenvalue weighted by Gasteiger charge is 2.24. The number of carbonyl (C=O) groups excluding carboxylic acids is 1. The molecule has 126 valence electrons. The third-order valence-corrected chi connectivity index (χ3v) is 4.88. The van der Waals surface area contributed by atoms with Gasteiger partial charge in [0.2, 0.25) is 5.91 Å². The molecular weight excluding hydrogens is 332 g/mol. The molecule has 1 aromatic heterocycles. The van der Waals surface area contributed by atoms with Crippen LogP contribution in [0.1, 0.15) is 12.8 Å². The van der Waals surface area contributed by atoms with Gasteiger partial charge in [-0.1, -0.05) is 60.3 Å². The van der Waals surface area contributed by atoms with Crippen LogP contribution in [0.3, 0.4) is 0 Å². The number of rotatable bonds is 6. The summed E-state index contributed by atoms with van der Waals surface area (Å²) < 4.78 is 2.00. The molecule has 0 radical (unpaired) electrons. The molecule has 2 aromatic carbocycles. The summed E-state index contributed by atoms with van der Waals surface area (Å²) in [7, 11) is 0. The largest absolute Gasteiger partial charge is 0.353 e. The van der Waals surface area contributed by atoms with Crippen molar-refractivity contribution in [1.82, 2.24) is 20.1 Å². The van der Waals surface area contributed by atoms with Crippen molar-refractivity contribution in [1.29, 1.82) is 0 Å². The fraction of sp³-hybridized carbons (Fsp3) is 0.211. The van der Waals surface area contributed by atoms with Gasteiger partial charge in [-0.15, -0.1) is 10.2 Å². The zero-order chi connectivity index (χ0) is 17.1. The van der Waals surface area contributed by atoms with Crippen molar-refractivity contribution < 1.29 is 4.79 Å². The standard InChI is InChI=1S/C19H18N4OS/c24-17(20-15-11-12-15)13-25-19-22-21-18(14-7-3-1-4-8-14)23(19)16-9-5-2-6-10-16/h1-10,15H,11-13H2,(H,20,24). The first-order valence-corrected chi connectivity index (χ1v) is 9.28. The van der Waals surface area contributed by atoms with E-state index in [0.29, 0.717) is 11.8 Å². The number of aromatic nitrogens is 3. The molecule has 25 heavy (non-hydrogen) atoms. The predicted octanol–water partition coefficient (Wildman–Crippen LogP) is 3.31. The molecule has 6 heteroatoms. The van der Waals surface area contributed by atoms with Crippen LogP contribution in [0.15, 0.2) is 65.8 Å². The highest BCUT2D eigenvalue weighted by Crippen LogP contribution is 2.28. The topological polar surface area (TPSA) is 59.8 Å². The molecule has 0 saturated heterocycles. The SMILES string of the molecule is O=C(CSc1nnc(-c2ccccc2)n1-c1ccccc1)NC1CC1. The number of thioether (sulfide) groups is 1. The van der Waals surface area contributed by atoms with Crippen LogP contribution in [0.4, 0.5) is 0 Å². The number of hydrogen-bond acceptors (Lipinski definition) is 4. The first kappa shape index (κ1) is 15.9. The molecule has 1 aliphatic carbocycles. The summed E-state index contributed by atoms with van der Waals surface area (Å²) in [5.74, 6) is 1.17. The van der Waals surface area contributed by atoms with E-state index < -0.39 is 0 Å². The van der Waals surface area contributed by atoms with E-state index in [1.807, 2.05) is 65.2 Å². The van der Waals surface area contributed by atoms with Crippen LogP contribution in [0.25, 0.3) is 17.1 Å². The van der Waals surface area contributed by atoms with Crippen molar-refractivity contribution >= 4 is 17.7 Å². The first-order valence-electron chi connectivity index (χ1n) is 8.30. The van der Waals surface area contributed by atoms with Crippen LogP contribution in [0.2, 0.25) is 0 Å². The molecule has 4 rings (SSSR count). The van der Waals surface area contributed by atoms with Gasteiger partial charge < -0.3 is 5.32 Å². The van der Waals surface area contributed by atoms with Gasteiger partial charge >= 0.3 is 0 Å². The van der Waals surface area contributed by atoms with E-state index in [2.05, 4.69) is 15.5 Å². The molecule has 0 aliphatic heterocycles. The Bertz CT molecular complexity index is 860. The van der Waals surface area contributed by atoms with Gasteiger partial charge in [-0.05, 0) is 25.0 Å². The highest BCUT2D eigenvalue weighted by molar-refractivity contribution is 7.99. The Morgan fingerprint density at radius 1 is 1.04 bits per heavy atom. The van der Waals surface area contributed by atoms with Crippen molar-refractivity contribution in [3.63, 3.8) is 0 Å². The predicted molar refractivity (Wildman–Crippen MR) is 98.7 cm³/mol. The molecule has 1 heterocycles. The number of nitrogens with one attached hydrogen (secondary N) is 1. The van der Waals surface area contributed by atoms with E-state index in [1.54, 1.807) is 0 Å². The Morgan fingerprint density at radius 3 is 2.40 bits per heavy atom. The number of hydrogen-bond donors (Lipinski definition) is 1. The second-order valence-corrected chi connectivity index (χ2v) is 6.92. The van der Waals surface area contributed by atoms with Crippen molar-refractivity contribution in [3.8, 4) is 17.1 Å². The summed E-state index contributed by atoms with van der Waals surface area (Å²) in [6, 6.07) is 20.3. The van der Waals surface area contributed by atoms with Gasteiger partial charge in [0.1, 0.15) is 0 Å². The zero-order valence-electron chi connectivity index (χ0n) is 13.6. The maximum absolute atomic E-state index is 12.0. The van der Waals surface area contributed by atoms with E-state index in [9.17, 15) is 4.79 Å². The minimum atomic E-state index is 0.0522. The molecule has 1 aliphatic rings. The Morgan fingerprint density at radius 2 is 1.72 bits per heavy atom. The lowest BCUT2D eigenvalue weighted by atomic mass is 10.2. The summed E-state index contributed by atoms with van der Waals surface area (Å²) in [5, 5.41) is 12.4. The van der Waals surface area contributed by atoms with E-state index in [4.69, 9.17) is 0 Å². The lowest BCUT2D eigenvalue weighted by molar-refractivity contribution is -0.118. The van der Waals surface area contributed by atoms with Gasteiger partial charge in [-0.3, -0.25) is 9.36 Å². The number of para-hydroxylation sites is 1. The first-order chi connectivity index (χ1) is 12.3. The van der Waals surface area contributed by atoms with Crippen LogP contribution in [0.5, 0.6) is 0 Å². The van der Waals surface area contributed by atoms with Gasteiger partial charge in [-0.25, -0.2) is 0 Å². The third-order valence-electron chi connectivity index (χ3n) is 3.95. The molecule has 0 bridgehead atoms. The molecule has 5 nitrogen and oxygen atoms in total. The molecule has 1 saturated carbocycles.